The van der Waals surface area contributed by atoms with E-state index in [4.69, 9.17) is 10.2 Å². The van der Waals surface area contributed by atoms with Crippen LogP contribution in [0.3, 0.4) is 0 Å². The first-order chi connectivity index (χ1) is 9.79. The average Bonchev–Trinajstić information content (AvgIpc) is 2.44. The lowest BCUT2D eigenvalue weighted by Gasteiger charge is -2.01. The van der Waals surface area contributed by atoms with Crippen molar-refractivity contribution in [2.45, 2.75) is 20.3 Å². The quantitative estimate of drug-likeness (QED) is 0.333. The summed E-state index contributed by atoms with van der Waals surface area (Å²) >= 11 is 0. The first-order valence-electron chi connectivity index (χ1n) is 5.96. The summed E-state index contributed by atoms with van der Waals surface area (Å²) in [6, 6.07) is 0. The van der Waals surface area contributed by atoms with E-state index >= 15 is 0 Å². The zero-order chi connectivity index (χ0) is 16.8. The minimum atomic E-state index is -1.20. The van der Waals surface area contributed by atoms with E-state index in [2.05, 4.69) is 16.1 Å². The minimum Gasteiger partial charge on any atom is -0.515 e. The normalized spacial score (nSPS) is 10.3. The number of hydrogen-bond donors (Lipinski definition) is 2. The highest BCUT2D eigenvalue weighted by Crippen LogP contribution is 2.00. The molecule has 0 spiro atoms. The second-order valence-corrected chi connectivity index (χ2v) is 3.66. The van der Waals surface area contributed by atoms with Crippen LogP contribution in [0.5, 0.6) is 0 Å². The molecule has 0 unspecified atom stereocenters. The van der Waals surface area contributed by atoms with Crippen molar-refractivity contribution in [1.82, 2.24) is 0 Å². The van der Waals surface area contributed by atoms with Crippen molar-refractivity contribution in [2.75, 3.05) is 13.7 Å². The van der Waals surface area contributed by atoms with Gasteiger partial charge in [0.1, 0.15) is 0 Å². The molecule has 2 N–H and O–H groups in total. The number of carbonyl (C=O) groups is 3. The molecule has 7 heteroatoms. The Morgan fingerprint density at radius 2 is 1.76 bits per heavy atom. The summed E-state index contributed by atoms with van der Waals surface area (Å²) in [7, 11) is 1.33. The lowest BCUT2D eigenvalue weighted by Crippen LogP contribution is -2.07. The highest BCUT2D eigenvalue weighted by atomic mass is 16.5. The Labute approximate surface area is 123 Å². The van der Waals surface area contributed by atoms with Crippen LogP contribution in [-0.2, 0) is 23.9 Å². The first-order valence-corrected chi connectivity index (χ1v) is 5.96. The topological polar surface area (TPSA) is 110 Å². The molecule has 0 aromatic heterocycles. The molecule has 0 heterocycles. The number of ether oxygens (including phenoxy) is 2. The first kappa shape index (κ1) is 20.7. The molecule has 0 aliphatic heterocycles. The maximum atomic E-state index is 11.1. The molecule has 21 heavy (non-hydrogen) atoms. The van der Waals surface area contributed by atoms with Crippen molar-refractivity contribution in [3.63, 3.8) is 0 Å². The Kier molecular flexibility index (Phi) is 12.3. The average molecular weight is 300 g/mol. The molecule has 0 saturated carbocycles. The van der Waals surface area contributed by atoms with Gasteiger partial charge >= 0.3 is 17.9 Å². The van der Waals surface area contributed by atoms with Crippen LogP contribution >= 0.6 is 0 Å². The van der Waals surface area contributed by atoms with Crippen LogP contribution in [0.25, 0.3) is 0 Å². The van der Waals surface area contributed by atoms with E-state index in [0.717, 1.165) is 12.2 Å². The zero-order valence-electron chi connectivity index (χ0n) is 12.3. The summed E-state index contributed by atoms with van der Waals surface area (Å²) in [5.74, 6) is -2.29. The van der Waals surface area contributed by atoms with Gasteiger partial charge in [-0.25, -0.2) is 14.4 Å². The van der Waals surface area contributed by atoms with Gasteiger partial charge < -0.3 is 19.7 Å². The molecule has 0 rings (SSSR count). The number of hydrogen-bond acceptors (Lipinski definition) is 6. The van der Waals surface area contributed by atoms with E-state index in [9.17, 15) is 14.4 Å². The maximum absolute atomic E-state index is 11.1. The predicted octanol–water partition coefficient (Wildman–Crippen LogP) is 1.76. The van der Waals surface area contributed by atoms with Crippen LogP contribution in [-0.4, -0.2) is 41.8 Å². The van der Waals surface area contributed by atoms with Crippen LogP contribution in [0.15, 0.2) is 36.1 Å². The Bertz CT molecular complexity index is 433. The van der Waals surface area contributed by atoms with Gasteiger partial charge in [-0.15, -0.1) is 0 Å². The van der Waals surface area contributed by atoms with E-state index in [1.54, 1.807) is 6.92 Å². The number of carbonyl (C=O) groups excluding carboxylic acids is 2. The monoisotopic (exact) mass is 300 g/mol. The van der Waals surface area contributed by atoms with Crippen LogP contribution in [0.2, 0.25) is 0 Å². The van der Waals surface area contributed by atoms with Gasteiger partial charge in [-0.3, -0.25) is 0 Å². The smallest absolute Gasteiger partial charge is 0.341 e. The van der Waals surface area contributed by atoms with Crippen molar-refractivity contribution < 1.29 is 34.1 Å². The molecule has 0 fully saturated rings. The largest absolute Gasteiger partial charge is 0.515 e. The van der Waals surface area contributed by atoms with Gasteiger partial charge in [0.05, 0.1) is 25.6 Å². The summed E-state index contributed by atoms with van der Waals surface area (Å²) in [6.45, 7) is 7.01. The number of aliphatic hydroxyl groups excluding tert-OH is 1. The SMILES string of the molecule is C=C(C)C(=O)OC.CCCOC(=O)C(C=CC(=O)O)=CO. The van der Waals surface area contributed by atoms with Gasteiger partial charge in [-0.2, -0.15) is 0 Å². The lowest BCUT2D eigenvalue weighted by atomic mass is 10.2. The molecule has 0 radical (unpaired) electrons. The van der Waals surface area contributed by atoms with E-state index in [1.165, 1.54) is 7.11 Å². The Morgan fingerprint density at radius 1 is 1.19 bits per heavy atom. The van der Waals surface area contributed by atoms with Crippen molar-refractivity contribution in [3.05, 3.63) is 36.1 Å². The van der Waals surface area contributed by atoms with Gasteiger partial charge in [0, 0.05) is 11.6 Å². The summed E-state index contributed by atoms with van der Waals surface area (Å²) < 4.78 is 8.94. The summed E-state index contributed by atoms with van der Waals surface area (Å²) in [4.78, 5) is 31.3. The fraction of sp³-hybridized carbons (Fsp3) is 0.357. The molecule has 0 aromatic rings. The summed E-state index contributed by atoms with van der Waals surface area (Å²) in [5.41, 5.74) is 0.239. The van der Waals surface area contributed by atoms with Crippen LogP contribution in [0.1, 0.15) is 20.3 Å². The molecule has 0 aliphatic carbocycles. The molecule has 7 nitrogen and oxygen atoms in total. The number of aliphatic hydroxyl groups is 1. The number of carboxylic acid groups (broad SMARTS) is 1. The molecule has 0 amide bonds. The van der Waals surface area contributed by atoms with Crippen LogP contribution in [0.4, 0.5) is 0 Å². The highest BCUT2D eigenvalue weighted by Gasteiger charge is 2.07. The number of carboxylic acids is 1. The predicted molar refractivity (Wildman–Crippen MR) is 75.6 cm³/mol. The molecule has 0 aromatic carbocycles. The molecular weight excluding hydrogens is 280 g/mol. The van der Waals surface area contributed by atoms with E-state index in [-0.39, 0.29) is 18.1 Å². The van der Waals surface area contributed by atoms with E-state index in [1.807, 2.05) is 6.92 Å². The zero-order valence-corrected chi connectivity index (χ0v) is 12.3. The summed E-state index contributed by atoms with van der Waals surface area (Å²) in [6.07, 6.45) is 2.89. The number of esters is 2. The van der Waals surface area contributed by atoms with E-state index in [0.29, 0.717) is 18.3 Å². The standard InChI is InChI=1S/C9H12O5.C5H8O2/c1-2-5-14-9(13)7(6-10)3-4-8(11)12;1-4(2)5(6)7-3/h3-4,6,10H,2,5H2,1H3,(H,11,12);1H2,2-3H3. The molecule has 0 atom stereocenters. The van der Waals surface area contributed by atoms with E-state index < -0.39 is 11.9 Å². The van der Waals surface area contributed by atoms with Crippen LogP contribution < -0.4 is 0 Å². The van der Waals surface area contributed by atoms with Gasteiger partial charge in [-0.05, 0) is 19.4 Å². The number of methoxy groups -OCH3 is 1. The molecule has 0 saturated heterocycles. The molecule has 0 aliphatic rings. The second kappa shape index (κ2) is 12.5. The van der Waals surface area contributed by atoms with Crippen molar-refractivity contribution in [2.24, 2.45) is 0 Å². The fourth-order valence-corrected chi connectivity index (χ4v) is 0.777. The van der Waals surface area contributed by atoms with Crippen molar-refractivity contribution in [1.29, 1.82) is 0 Å². The third-order valence-corrected chi connectivity index (χ3v) is 1.75. The number of rotatable bonds is 6. The lowest BCUT2D eigenvalue weighted by molar-refractivity contribution is -0.139. The summed E-state index contributed by atoms with van der Waals surface area (Å²) in [5, 5.41) is 16.9. The van der Waals surface area contributed by atoms with Crippen LogP contribution in [0, 0.1) is 0 Å². The van der Waals surface area contributed by atoms with Gasteiger partial charge in [0.15, 0.2) is 0 Å². The maximum Gasteiger partial charge on any atom is 0.341 e. The molecular formula is C14H20O7. The number of aliphatic carboxylic acids is 1. The Hall–Kier alpha value is -2.57. The molecule has 0 bridgehead atoms. The van der Waals surface area contributed by atoms with Crippen molar-refractivity contribution >= 4 is 17.9 Å². The van der Waals surface area contributed by atoms with Gasteiger partial charge in [-0.1, -0.05) is 13.5 Å². The third-order valence-electron chi connectivity index (χ3n) is 1.75. The third kappa shape index (κ3) is 12.2. The Balaban J connectivity index is 0. The molecule has 118 valence electrons. The Morgan fingerprint density at radius 3 is 2.05 bits per heavy atom. The minimum absolute atomic E-state index is 0.194. The highest BCUT2D eigenvalue weighted by molar-refractivity contribution is 5.93. The van der Waals surface area contributed by atoms with Gasteiger partial charge in [0.25, 0.3) is 0 Å². The fourth-order valence-electron chi connectivity index (χ4n) is 0.777. The van der Waals surface area contributed by atoms with Crippen molar-refractivity contribution in [3.8, 4) is 0 Å². The van der Waals surface area contributed by atoms with Gasteiger partial charge in [0.2, 0.25) is 0 Å². The second-order valence-electron chi connectivity index (χ2n) is 3.66.